The average Bonchev–Trinajstić information content (AvgIpc) is 2.81. The van der Waals surface area contributed by atoms with Crippen molar-refractivity contribution in [2.24, 2.45) is 0 Å². The van der Waals surface area contributed by atoms with Crippen LogP contribution in [0.15, 0.2) is 60.2 Å². The molecule has 0 saturated heterocycles. The molecule has 0 unspecified atom stereocenters. The number of unbranched alkanes of at least 4 members (excludes halogenated alkanes) is 4. The number of rotatable bonds is 13. The molecule has 32 heavy (non-hydrogen) atoms. The second kappa shape index (κ2) is 16.5. The first-order chi connectivity index (χ1) is 15.2. The molecule has 0 heterocycles. The van der Waals surface area contributed by atoms with Crippen molar-refractivity contribution in [2.45, 2.75) is 85.0 Å². The van der Waals surface area contributed by atoms with Crippen molar-refractivity contribution < 1.29 is 21.3 Å². The van der Waals surface area contributed by atoms with E-state index in [0.29, 0.717) is 0 Å². The van der Waals surface area contributed by atoms with Gasteiger partial charge in [-0.1, -0.05) is 95.0 Å². The SMILES string of the molecule is CCCCCc1ccc(C(=C(C=C=[N+]=[N-])CCCC)c2ccc(CCCC)cc2)cc1.[Ni]. The minimum atomic E-state index is 0. The van der Waals surface area contributed by atoms with Crippen LogP contribution in [0.25, 0.3) is 11.1 Å². The molecular formula is C29H38N2Ni. The quantitative estimate of drug-likeness (QED) is 0.0702. The Morgan fingerprint density at radius 2 is 1.25 bits per heavy atom. The van der Waals surface area contributed by atoms with E-state index in [4.69, 9.17) is 5.53 Å². The fraction of sp³-hybridized carbons (Fsp3) is 0.448. The van der Waals surface area contributed by atoms with Gasteiger partial charge in [-0.15, -0.1) is 4.79 Å². The molecule has 174 valence electrons. The molecule has 0 N–H and O–H groups in total. The normalized spacial score (nSPS) is 11.1. The number of aryl methyl sites for hydroxylation is 2. The Hall–Kier alpha value is -2.17. The second-order valence-electron chi connectivity index (χ2n) is 8.33. The molecule has 0 aromatic heterocycles. The van der Waals surface area contributed by atoms with Gasteiger partial charge >= 0.3 is 0 Å². The zero-order chi connectivity index (χ0) is 22.3. The molecule has 0 spiro atoms. The van der Waals surface area contributed by atoms with E-state index in [1.807, 2.05) is 6.08 Å². The van der Waals surface area contributed by atoms with Gasteiger partial charge in [-0.25, -0.2) is 0 Å². The van der Waals surface area contributed by atoms with Gasteiger partial charge in [-0.2, -0.15) is 0 Å². The molecule has 0 amide bonds. The molecule has 0 aliphatic rings. The van der Waals surface area contributed by atoms with Gasteiger partial charge in [0.2, 0.25) is 0 Å². The van der Waals surface area contributed by atoms with E-state index in [9.17, 15) is 0 Å². The first kappa shape index (κ1) is 27.9. The van der Waals surface area contributed by atoms with Gasteiger partial charge in [0.25, 0.3) is 5.87 Å². The number of hydrogen-bond donors (Lipinski definition) is 0. The van der Waals surface area contributed by atoms with Gasteiger partial charge in [0.1, 0.15) is 0 Å². The van der Waals surface area contributed by atoms with Crippen LogP contribution in [0, 0.1) is 0 Å². The minimum absolute atomic E-state index is 0. The van der Waals surface area contributed by atoms with Crippen molar-refractivity contribution >= 4 is 11.4 Å². The Bertz CT molecular complexity index is 897. The van der Waals surface area contributed by atoms with Crippen LogP contribution < -0.4 is 0 Å². The number of nitrogens with zero attached hydrogens (tertiary/aromatic N) is 2. The summed E-state index contributed by atoms with van der Waals surface area (Å²) in [6.07, 6.45) is 13.5. The van der Waals surface area contributed by atoms with Gasteiger partial charge in [-0.3, -0.25) is 0 Å². The molecular weight excluding hydrogens is 435 g/mol. The summed E-state index contributed by atoms with van der Waals surface area (Å²) in [7, 11) is 0. The second-order valence-corrected chi connectivity index (χ2v) is 8.33. The topological polar surface area (TPSA) is 36.4 Å². The number of allylic oxidation sites excluding steroid dienone is 2. The van der Waals surface area contributed by atoms with Crippen LogP contribution in [0.3, 0.4) is 0 Å². The molecule has 2 aromatic rings. The zero-order valence-corrected chi connectivity index (χ0v) is 21.0. The summed E-state index contributed by atoms with van der Waals surface area (Å²) < 4.78 is 0. The summed E-state index contributed by atoms with van der Waals surface area (Å²) in [6, 6.07) is 18.0. The number of hydrogen-bond acceptors (Lipinski definition) is 0. The van der Waals surface area contributed by atoms with Crippen LogP contribution in [-0.4, -0.2) is 10.7 Å². The van der Waals surface area contributed by atoms with Crippen LogP contribution in [0.5, 0.6) is 0 Å². The van der Waals surface area contributed by atoms with Crippen LogP contribution in [-0.2, 0) is 29.3 Å². The van der Waals surface area contributed by atoms with Crippen molar-refractivity contribution in [1.29, 1.82) is 0 Å². The van der Waals surface area contributed by atoms with Gasteiger partial charge < -0.3 is 5.53 Å². The van der Waals surface area contributed by atoms with Gasteiger partial charge in [0.15, 0.2) is 0 Å². The van der Waals surface area contributed by atoms with Crippen molar-refractivity contribution in [3.8, 4) is 0 Å². The van der Waals surface area contributed by atoms with Crippen molar-refractivity contribution in [3.63, 3.8) is 0 Å². The van der Waals surface area contributed by atoms with Crippen molar-refractivity contribution in [2.75, 3.05) is 0 Å². The maximum Gasteiger partial charge on any atom is 0.299 e. The largest absolute Gasteiger partial charge is 0.348 e. The molecule has 0 radical (unpaired) electrons. The maximum absolute atomic E-state index is 8.98. The van der Waals surface area contributed by atoms with Crippen LogP contribution in [0.1, 0.15) is 94.4 Å². The predicted molar refractivity (Wildman–Crippen MR) is 133 cm³/mol. The van der Waals surface area contributed by atoms with Crippen LogP contribution in [0.4, 0.5) is 0 Å². The van der Waals surface area contributed by atoms with Crippen LogP contribution >= 0.6 is 0 Å². The van der Waals surface area contributed by atoms with Gasteiger partial charge in [0, 0.05) is 16.5 Å². The van der Waals surface area contributed by atoms with E-state index in [-0.39, 0.29) is 16.5 Å². The molecule has 0 aliphatic carbocycles. The smallest absolute Gasteiger partial charge is 0.299 e. The van der Waals surface area contributed by atoms with E-state index < -0.39 is 0 Å². The van der Waals surface area contributed by atoms with E-state index in [2.05, 4.69) is 80.0 Å². The van der Waals surface area contributed by atoms with Crippen molar-refractivity contribution in [1.82, 2.24) is 0 Å². The molecule has 2 rings (SSSR count). The Kier molecular flexibility index (Phi) is 14.3. The van der Waals surface area contributed by atoms with E-state index >= 15 is 0 Å². The molecule has 2 nitrogen and oxygen atoms in total. The molecule has 3 heteroatoms. The summed E-state index contributed by atoms with van der Waals surface area (Å²) in [5, 5.41) is 0. The maximum atomic E-state index is 8.98. The minimum Gasteiger partial charge on any atom is -0.348 e. The third-order valence-corrected chi connectivity index (χ3v) is 5.79. The third kappa shape index (κ3) is 9.14. The Morgan fingerprint density at radius 3 is 1.72 bits per heavy atom. The first-order valence-electron chi connectivity index (χ1n) is 12.1. The van der Waals surface area contributed by atoms with Gasteiger partial charge in [0.05, 0.1) is 6.08 Å². The fourth-order valence-corrected chi connectivity index (χ4v) is 3.92. The van der Waals surface area contributed by atoms with Gasteiger partial charge in [-0.05, 0) is 71.9 Å². The molecule has 0 saturated carbocycles. The molecule has 0 aliphatic heterocycles. The molecule has 0 fully saturated rings. The first-order valence-corrected chi connectivity index (χ1v) is 12.1. The Morgan fingerprint density at radius 1 is 0.750 bits per heavy atom. The summed E-state index contributed by atoms with van der Waals surface area (Å²) in [5.74, 6) is 2.66. The predicted octanol–water partition coefficient (Wildman–Crippen LogP) is 8.21. The zero-order valence-electron chi connectivity index (χ0n) is 20.0. The summed E-state index contributed by atoms with van der Waals surface area (Å²) in [5.41, 5.74) is 16.6. The third-order valence-electron chi connectivity index (χ3n) is 5.79. The monoisotopic (exact) mass is 472 g/mol. The van der Waals surface area contributed by atoms with Crippen LogP contribution in [0.2, 0.25) is 0 Å². The fourth-order valence-electron chi connectivity index (χ4n) is 3.92. The van der Waals surface area contributed by atoms with Crippen molar-refractivity contribution in [3.05, 3.63) is 88.0 Å². The van der Waals surface area contributed by atoms with E-state index in [0.717, 1.165) is 32.1 Å². The number of benzene rings is 2. The average molecular weight is 473 g/mol. The molecule has 2 aromatic carbocycles. The summed E-state index contributed by atoms with van der Waals surface area (Å²) in [4.78, 5) is 3.12. The van der Waals surface area contributed by atoms with E-state index in [1.54, 1.807) is 0 Å². The van der Waals surface area contributed by atoms with E-state index in [1.165, 1.54) is 65.5 Å². The standard InChI is InChI=1S/C29H38N2.Ni/c1-4-7-10-12-25-16-20-28(21-17-25)29(26(13-9-6-3)22-23-31-30)27-18-14-24(15-19-27)11-8-5-2;/h14-22H,4-13H2,1-3H3;. The Labute approximate surface area is 205 Å². The summed E-state index contributed by atoms with van der Waals surface area (Å²) in [6.45, 7) is 6.68. The summed E-state index contributed by atoms with van der Waals surface area (Å²) >= 11 is 0. The Balaban J connectivity index is 0.00000512. The molecule has 0 bridgehead atoms. The molecule has 0 atom stereocenters.